The number of primary amides is 1. The maximum Gasteiger partial charge on any atom is 0.217 e. The molecule has 7 heteroatoms. The van der Waals surface area contributed by atoms with Crippen molar-refractivity contribution in [3.8, 4) is 0 Å². The summed E-state index contributed by atoms with van der Waals surface area (Å²) < 4.78 is 7.49. The number of benzene rings is 1. The second-order valence-corrected chi connectivity index (χ2v) is 7.13. The van der Waals surface area contributed by atoms with E-state index in [1.54, 1.807) is 18.0 Å². The molecule has 0 saturated carbocycles. The van der Waals surface area contributed by atoms with Gasteiger partial charge in [0, 0.05) is 18.1 Å². The zero-order chi connectivity index (χ0) is 18.4. The highest BCUT2D eigenvalue weighted by Crippen LogP contribution is 2.37. The zero-order valence-electron chi connectivity index (χ0n) is 14.7. The minimum Gasteiger partial charge on any atom is -0.467 e. The monoisotopic (exact) mass is 370 g/mol. The zero-order valence-corrected chi connectivity index (χ0v) is 15.5. The fraction of sp³-hybridized carbons (Fsp3) is 0.316. The Balaban J connectivity index is 1.86. The summed E-state index contributed by atoms with van der Waals surface area (Å²) in [6, 6.07) is 14.1. The molecule has 3 aromatic rings. The second kappa shape index (κ2) is 8.71. The standard InChI is InChI=1S/C19H22N4O2S/c1-2-16(14-7-4-3-5-8-14)26-19-22-21-18(11-10-17(20)24)23(19)13-15-9-6-12-25-15/h3-9,12,16H,2,10-11,13H2,1H3,(H2,20,24)/t16-/m1/s1. The molecule has 0 saturated heterocycles. The van der Waals surface area contributed by atoms with Crippen molar-refractivity contribution in [3.05, 3.63) is 65.9 Å². The largest absolute Gasteiger partial charge is 0.467 e. The Hall–Kier alpha value is -2.54. The van der Waals surface area contributed by atoms with Gasteiger partial charge in [0.15, 0.2) is 5.16 Å². The van der Waals surface area contributed by atoms with Crippen molar-refractivity contribution >= 4 is 17.7 Å². The number of amides is 1. The van der Waals surface area contributed by atoms with Gasteiger partial charge in [0.2, 0.25) is 5.91 Å². The smallest absolute Gasteiger partial charge is 0.217 e. The van der Waals surface area contributed by atoms with Gasteiger partial charge >= 0.3 is 0 Å². The minimum absolute atomic E-state index is 0.247. The van der Waals surface area contributed by atoms with Gasteiger partial charge < -0.3 is 10.2 Å². The van der Waals surface area contributed by atoms with Gasteiger partial charge in [-0.1, -0.05) is 49.0 Å². The average Bonchev–Trinajstić information content (AvgIpc) is 3.29. The van der Waals surface area contributed by atoms with Gasteiger partial charge in [-0.15, -0.1) is 10.2 Å². The van der Waals surface area contributed by atoms with E-state index in [0.29, 0.717) is 13.0 Å². The number of hydrogen-bond donors (Lipinski definition) is 1. The van der Waals surface area contributed by atoms with E-state index in [0.717, 1.165) is 23.2 Å². The molecule has 2 aromatic heterocycles. The summed E-state index contributed by atoms with van der Waals surface area (Å²) in [6.45, 7) is 2.69. The lowest BCUT2D eigenvalue weighted by molar-refractivity contribution is -0.118. The van der Waals surface area contributed by atoms with Gasteiger partial charge in [0.1, 0.15) is 11.6 Å². The van der Waals surface area contributed by atoms with Crippen LogP contribution in [0.3, 0.4) is 0 Å². The molecule has 0 aliphatic heterocycles. The van der Waals surface area contributed by atoms with Crippen LogP contribution >= 0.6 is 11.8 Å². The van der Waals surface area contributed by atoms with E-state index in [1.165, 1.54) is 5.56 Å². The average molecular weight is 370 g/mol. The molecular weight excluding hydrogens is 348 g/mol. The predicted molar refractivity (Wildman–Crippen MR) is 101 cm³/mol. The van der Waals surface area contributed by atoms with E-state index < -0.39 is 0 Å². The first kappa shape index (κ1) is 18.3. The molecule has 6 nitrogen and oxygen atoms in total. The first-order valence-corrected chi connectivity index (χ1v) is 9.49. The Bertz CT molecular complexity index is 831. The van der Waals surface area contributed by atoms with Gasteiger partial charge in [-0.2, -0.15) is 0 Å². The lowest BCUT2D eigenvalue weighted by Gasteiger charge is -2.15. The van der Waals surface area contributed by atoms with Gasteiger partial charge in [-0.25, -0.2) is 0 Å². The van der Waals surface area contributed by atoms with Gasteiger partial charge in [-0.3, -0.25) is 9.36 Å². The van der Waals surface area contributed by atoms with Crippen molar-refractivity contribution in [1.82, 2.24) is 14.8 Å². The summed E-state index contributed by atoms with van der Waals surface area (Å²) in [5.74, 6) is 1.22. The fourth-order valence-corrected chi connectivity index (χ4v) is 3.82. The van der Waals surface area contributed by atoms with Crippen LogP contribution in [0.25, 0.3) is 0 Å². The molecule has 0 unspecified atom stereocenters. The number of carbonyl (C=O) groups is 1. The lowest BCUT2D eigenvalue weighted by atomic mass is 10.1. The van der Waals surface area contributed by atoms with Crippen LogP contribution in [0.4, 0.5) is 0 Å². The molecule has 1 amide bonds. The van der Waals surface area contributed by atoms with Crippen molar-refractivity contribution in [2.24, 2.45) is 5.73 Å². The number of hydrogen-bond acceptors (Lipinski definition) is 5. The molecule has 136 valence electrons. The number of carbonyl (C=O) groups excluding carboxylic acids is 1. The fourth-order valence-electron chi connectivity index (χ4n) is 2.73. The SMILES string of the molecule is CC[C@@H](Sc1nnc(CCC(N)=O)n1Cc1ccco1)c1ccccc1. The summed E-state index contributed by atoms with van der Waals surface area (Å²) >= 11 is 1.68. The number of furan rings is 1. The molecule has 0 aliphatic carbocycles. The number of aromatic nitrogens is 3. The Morgan fingerprint density at radius 1 is 1.23 bits per heavy atom. The number of rotatable bonds is 9. The van der Waals surface area contributed by atoms with E-state index in [-0.39, 0.29) is 17.6 Å². The van der Waals surface area contributed by atoms with Crippen LogP contribution in [0, 0.1) is 0 Å². The molecule has 2 N–H and O–H groups in total. The molecule has 2 heterocycles. The molecular formula is C19H22N4O2S. The van der Waals surface area contributed by atoms with Crippen LogP contribution in [0.2, 0.25) is 0 Å². The molecule has 0 bridgehead atoms. The lowest BCUT2D eigenvalue weighted by Crippen LogP contribution is -2.14. The van der Waals surface area contributed by atoms with Crippen molar-refractivity contribution in [1.29, 1.82) is 0 Å². The molecule has 26 heavy (non-hydrogen) atoms. The molecule has 0 spiro atoms. The quantitative estimate of drug-likeness (QED) is 0.582. The highest BCUT2D eigenvalue weighted by atomic mass is 32.2. The third-order valence-electron chi connectivity index (χ3n) is 4.07. The normalized spacial score (nSPS) is 12.2. The number of nitrogens with two attached hydrogens (primary N) is 1. The van der Waals surface area contributed by atoms with Crippen molar-refractivity contribution in [2.75, 3.05) is 0 Å². The maximum absolute atomic E-state index is 11.2. The van der Waals surface area contributed by atoms with Crippen LogP contribution in [0.15, 0.2) is 58.3 Å². The van der Waals surface area contributed by atoms with Crippen molar-refractivity contribution < 1.29 is 9.21 Å². The van der Waals surface area contributed by atoms with Gasteiger partial charge in [0.05, 0.1) is 12.8 Å². The maximum atomic E-state index is 11.2. The van der Waals surface area contributed by atoms with E-state index in [4.69, 9.17) is 10.2 Å². The molecule has 1 aromatic carbocycles. The van der Waals surface area contributed by atoms with E-state index in [1.807, 2.05) is 34.9 Å². The second-order valence-electron chi connectivity index (χ2n) is 5.96. The Labute approximate surface area is 156 Å². The highest BCUT2D eigenvalue weighted by molar-refractivity contribution is 7.99. The molecule has 0 radical (unpaired) electrons. The van der Waals surface area contributed by atoms with E-state index in [2.05, 4.69) is 29.3 Å². The van der Waals surface area contributed by atoms with Gasteiger partial charge in [-0.05, 0) is 24.1 Å². The summed E-state index contributed by atoms with van der Waals surface area (Å²) in [7, 11) is 0. The van der Waals surface area contributed by atoms with Crippen LogP contribution in [-0.2, 0) is 17.8 Å². The highest BCUT2D eigenvalue weighted by Gasteiger charge is 2.19. The van der Waals surface area contributed by atoms with Crippen molar-refractivity contribution in [2.45, 2.75) is 43.1 Å². The van der Waals surface area contributed by atoms with Crippen LogP contribution in [0.1, 0.15) is 42.2 Å². The molecule has 0 aliphatic rings. The number of nitrogens with zero attached hydrogens (tertiary/aromatic N) is 3. The molecule has 0 fully saturated rings. The van der Waals surface area contributed by atoms with Gasteiger partial charge in [0.25, 0.3) is 0 Å². The Morgan fingerprint density at radius 2 is 2.04 bits per heavy atom. The summed E-state index contributed by atoms with van der Waals surface area (Å²) in [6.07, 6.45) is 3.33. The van der Waals surface area contributed by atoms with Crippen LogP contribution in [-0.4, -0.2) is 20.7 Å². The molecule has 3 rings (SSSR count). The Kier molecular flexibility index (Phi) is 6.12. The minimum atomic E-state index is -0.345. The van der Waals surface area contributed by atoms with Crippen LogP contribution in [0.5, 0.6) is 0 Å². The van der Waals surface area contributed by atoms with Crippen molar-refractivity contribution in [3.63, 3.8) is 0 Å². The summed E-state index contributed by atoms with van der Waals surface area (Å²) in [5.41, 5.74) is 6.55. The first-order chi connectivity index (χ1) is 12.7. The number of thioether (sulfide) groups is 1. The first-order valence-electron chi connectivity index (χ1n) is 8.61. The third kappa shape index (κ3) is 4.54. The third-order valence-corrected chi connectivity index (χ3v) is 5.48. The van der Waals surface area contributed by atoms with E-state index >= 15 is 0 Å². The summed E-state index contributed by atoms with van der Waals surface area (Å²) in [4.78, 5) is 11.2. The van der Waals surface area contributed by atoms with E-state index in [9.17, 15) is 4.79 Å². The Morgan fingerprint density at radius 3 is 2.69 bits per heavy atom. The summed E-state index contributed by atoms with van der Waals surface area (Å²) in [5, 5.41) is 9.76. The molecule has 1 atom stereocenters. The van der Waals surface area contributed by atoms with Crippen LogP contribution < -0.4 is 5.73 Å². The topological polar surface area (TPSA) is 86.9 Å². The number of aryl methyl sites for hydroxylation is 1. The predicted octanol–water partition coefficient (Wildman–Crippen LogP) is 3.58.